The fraction of sp³-hybridized carbons (Fsp3) is 0.562. The van der Waals surface area contributed by atoms with Crippen LogP contribution in [-0.2, 0) is 63.8 Å². The highest BCUT2D eigenvalue weighted by Gasteiger charge is 2.48. The van der Waals surface area contributed by atoms with Crippen LogP contribution in [0.4, 0.5) is 5.69 Å². The number of aryl methyl sites for hydroxylation is 2. The van der Waals surface area contributed by atoms with Crippen molar-refractivity contribution < 1.29 is 85.7 Å². The number of carbonyl (C=O) groups excluding carboxylic acids is 12. The van der Waals surface area contributed by atoms with Crippen molar-refractivity contribution in [2.24, 2.45) is 47.3 Å². The molecule has 30 heteroatoms. The number of phenols is 1. The molecule has 0 spiro atoms. The van der Waals surface area contributed by atoms with Gasteiger partial charge in [0.05, 0.1) is 49.1 Å². The molecule has 30 nitrogen and oxygen atoms in total. The monoisotopic (exact) mass is 1530 g/mol. The normalized spacial score (nSPS) is 24.7. The number of nitrogens with two attached hydrogens (primary N) is 1. The summed E-state index contributed by atoms with van der Waals surface area (Å²) in [6, 6.07) is -2.88. The first-order chi connectivity index (χ1) is 51.5. The Labute approximate surface area is 639 Å². The van der Waals surface area contributed by atoms with E-state index in [2.05, 4.69) is 21.3 Å². The first kappa shape index (κ1) is 85.1. The second-order valence-corrected chi connectivity index (χ2v) is 31.2. The van der Waals surface area contributed by atoms with E-state index in [0.717, 1.165) is 20.9 Å². The number of Topliss-reactive ketones (excluding diaryl/α,β-unsaturated/α-hetero) is 2. The van der Waals surface area contributed by atoms with Gasteiger partial charge in [0.25, 0.3) is 11.8 Å². The fourth-order valence-electron chi connectivity index (χ4n) is 15.3. The second-order valence-electron chi connectivity index (χ2n) is 31.2. The lowest BCUT2D eigenvalue weighted by atomic mass is 9.83. The van der Waals surface area contributed by atoms with Crippen LogP contribution < -0.4 is 42.6 Å². The number of nitrogen functional groups attached to an aromatic ring is 1. The summed E-state index contributed by atoms with van der Waals surface area (Å²) in [5.74, 6) is -14.0. The van der Waals surface area contributed by atoms with E-state index in [1.54, 1.807) is 69.2 Å². The van der Waals surface area contributed by atoms with Crippen LogP contribution in [0.25, 0.3) is 33.5 Å². The molecule has 2 aromatic carbocycles. The minimum atomic E-state index is -1.86. The SMILES string of the molecule is COc1cc(O)c2c(=O)cc(C)oc2c1CC=C(C)C.Cc1c2oc3c(C)ccc(C(=O)NC4C(=O)NC(C(C)C)C(=O)C5CCCC5C(=O)N(C)CC(=O)N(C)C(C(C)C)C(=O)OC4C)c3nc-2c(C(=O)NC2C(=O)NC(C(C)C)C(=O)C3CCCC3C(=O)N(C)CC(=O)N(C)C(C(C)C)C(=O)OC2C)c(N)c1=O. The maximum absolute atomic E-state index is 15.2. The van der Waals surface area contributed by atoms with Crippen LogP contribution in [0.1, 0.15) is 165 Å². The molecule has 3 aliphatic heterocycles. The van der Waals surface area contributed by atoms with Crippen molar-refractivity contribution in [3.8, 4) is 23.0 Å². The largest absolute Gasteiger partial charge is 0.507 e. The van der Waals surface area contributed by atoms with Gasteiger partial charge in [-0.05, 0) is 116 Å². The number of cyclic esters (lactones) is 2. The van der Waals surface area contributed by atoms with E-state index in [9.17, 15) is 62.6 Å². The fourth-order valence-corrected chi connectivity index (χ4v) is 15.3. The van der Waals surface area contributed by atoms with Crippen molar-refractivity contribution in [1.82, 2.24) is 45.9 Å². The van der Waals surface area contributed by atoms with Gasteiger partial charge in [-0.2, -0.15) is 0 Å². The predicted molar refractivity (Wildman–Crippen MR) is 406 cm³/mol. The second kappa shape index (κ2) is 35.0. The van der Waals surface area contributed by atoms with Gasteiger partial charge in [-0.25, -0.2) is 14.6 Å². The third-order valence-corrected chi connectivity index (χ3v) is 21.5. The number of anilines is 1. The van der Waals surface area contributed by atoms with E-state index in [1.165, 1.54) is 90.1 Å². The molecule has 4 fully saturated rings. The summed E-state index contributed by atoms with van der Waals surface area (Å²) in [6.45, 7) is 24.0. The van der Waals surface area contributed by atoms with Crippen LogP contribution in [0.3, 0.4) is 0 Å². The van der Waals surface area contributed by atoms with E-state index in [-0.39, 0.29) is 50.2 Å². The van der Waals surface area contributed by atoms with E-state index >= 15 is 9.59 Å². The van der Waals surface area contributed by atoms with Crippen LogP contribution >= 0.6 is 0 Å². The predicted octanol–water partition coefficient (Wildman–Crippen LogP) is 6.04. The van der Waals surface area contributed by atoms with E-state index in [0.29, 0.717) is 67.6 Å². The molecule has 2 saturated carbocycles. The number of ketones is 2. The van der Waals surface area contributed by atoms with Crippen molar-refractivity contribution in [1.29, 1.82) is 0 Å². The zero-order valence-electron chi connectivity index (χ0n) is 66.5. The number of hydrogen-bond acceptors (Lipinski definition) is 22. The Hall–Kier alpha value is -10.5. The van der Waals surface area contributed by atoms with Crippen LogP contribution in [0.5, 0.6) is 11.5 Å². The molecular weight excluding hydrogens is 1420 g/mol. The van der Waals surface area contributed by atoms with Crippen molar-refractivity contribution in [3.05, 3.63) is 89.9 Å². The molecule has 12 atom stereocenters. The number of esters is 2. The van der Waals surface area contributed by atoms with Gasteiger partial charge in [-0.15, -0.1) is 0 Å². The number of nitrogens with one attached hydrogen (secondary N) is 4. The number of fused-ring (bicyclic) bond motifs is 5. The van der Waals surface area contributed by atoms with Crippen molar-refractivity contribution in [3.63, 3.8) is 0 Å². The van der Waals surface area contributed by atoms with Gasteiger partial charge >= 0.3 is 11.9 Å². The number of aromatic nitrogens is 1. The summed E-state index contributed by atoms with van der Waals surface area (Å²) in [5, 5.41) is 21.0. The summed E-state index contributed by atoms with van der Waals surface area (Å²) >= 11 is 0. The number of hydrogen-bond donors (Lipinski definition) is 6. The van der Waals surface area contributed by atoms with Crippen LogP contribution in [0.2, 0.25) is 0 Å². The minimum Gasteiger partial charge on any atom is -0.507 e. The lowest BCUT2D eigenvalue weighted by molar-refractivity contribution is -0.163. The number of nitrogens with zero attached hydrogens (tertiary/aromatic N) is 5. The maximum atomic E-state index is 15.2. The Kier molecular flexibility index (Phi) is 27.1. The number of allylic oxidation sites excluding steroid dienone is 2. The lowest BCUT2D eigenvalue weighted by Crippen LogP contribution is -2.59. The lowest BCUT2D eigenvalue weighted by Gasteiger charge is -2.35. The first-order valence-electron chi connectivity index (χ1n) is 37.4. The van der Waals surface area contributed by atoms with Crippen molar-refractivity contribution in [2.45, 2.75) is 197 Å². The molecule has 1 aromatic heterocycles. The highest BCUT2D eigenvalue weighted by Crippen LogP contribution is 2.40. The molecule has 0 radical (unpaired) electrons. The van der Waals surface area contributed by atoms with E-state index in [1.807, 2.05) is 19.9 Å². The summed E-state index contributed by atoms with van der Waals surface area (Å²) in [4.78, 5) is 209. The zero-order valence-corrected chi connectivity index (χ0v) is 66.5. The number of benzene rings is 3. The Balaban J connectivity index is 0.000000654. The molecule has 7 N–H and O–H groups in total. The number of aromatic hydroxyl groups is 1. The standard InChI is InChI=1S/C64H88N10O16.C16H18O4/c1-27(2)44-53(78)35-19-17-21-37(35)61(84)71(13)25-40(75)73(15)50(29(5)6)63(86)88-33(11)46(59(82)67-44)69-57(80)39-24-23-31(9)55-48(39)66-49-42(43(65)52(77)32(10)56(49)90-55)58(81)70-47-34(12)89-64(87)51(30(7)8)74(16)41(76)26-72(14)62(85)38-22-18-20-36(38)54(79)45(28(3)4)68-60(47)83;1-9(2)5-6-11-14(19-4)8-13(18)15-12(17)7-10(3)20-16(11)15/h23-24,27-30,33-38,44-47,50-51H,17-22,25-26,65H2,1-16H3,(H,67,82)(H,68,83)(H,69,80)(H,70,81);5,7-8,18H,6H2,1-4H3. The molecule has 8 amide bonds. The van der Waals surface area contributed by atoms with Gasteiger partial charge in [-0.3, -0.25) is 57.5 Å². The average molecular weight is 1530 g/mol. The topological polar surface area (TPSA) is 413 Å². The van der Waals surface area contributed by atoms with Crippen LogP contribution in [-0.4, -0.2) is 197 Å². The quantitative estimate of drug-likeness (QED) is 0.0380. The molecule has 2 saturated heterocycles. The van der Waals surface area contributed by atoms with Gasteiger partial charge in [0.1, 0.15) is 75.8 Å². The molecule has 3 aromatic rings. The molecule has 9 rings (SSSR count). The number of ether oxygens (including phenoxy) is 3. The number of likely N-dealkylation sites (N-methyl/N-ethyl adjacent to an activating group) is 4. The summed E-state index contributed by atoms with van der Waals surface area (Å²) in [6.07, 6.45) is 1.95. The number of methoxy groups -OCH3 is 1. The van der Waals surface area contributed by atoms with E-state index in [4.69, 9.17) is 33.8 Å². The molecule has 0 bridgehead atoms. The number of amides is 8. The summed E-state index contributed by atoms with van der Waals surface area (Å²) < 4.78 is 29.3. The molecular formula is C80H106N10O20. The molecule has 596 valence electrons. The Bertz CT molecular complexity index is 4590. The van der Waals surface area contributed by atoms with Gasteiger partial charge < -0.3 is 74.8 Å². The van der Waals surface area contributed by atoms with Crippen molar-refractivity contribution >= 4 is 98.5 Å². The molecule has 110 heavy (non-hydrogen) atoms. The number of phenolic OH excluding ortho intramolecular Hbond substituents is 1. The first-order valence-corrected chi connectivity index (χ1v) is 37.4. The third-order valence-electron chi connectivity index (χ3n) is 21.5. The molecule has 6 aliphatic rings. The van der Waals surface area contributed by atoms with Gasteiger partial charge in [-0.1, -0.05) is 85.9 Å². The minimum absolute atomic E-state index is 0.0668. The van der Waals surface area contributed by atoms with Crippen LogP contribution in [0, 0.1) is 68.1 Å². The Morgan fingerprint density at radius 1 is 0.655 bits per heavy atom. The number of carbonyl (C=O) groups is 12. The zero-order chi connectivity index (χ0) is 81.8. The van der Waals surface area contributed by atoms with Gasteiger partial charge in [0, 0.05) is 75.1 Å². The molecule has 4 heterocycles. The van der Waals surface area contributed by atoms with Gasteiger partial charge in [0.2, 0.25) is 40.9 Å². The molecule has 12 unspecified atom stereocenters. The highest BCUT2D eigenvalue weighted by atomic mass is 16.6. The van der Waals surface area contributed by atoms with Crippen molar-refractivity contribution in [2.75, 3.05) is 54.1 Å². The Morgan fingerprint density at radius 2 is 1.12 bits per heavy atom. The highest BCUT2D eigenvalue weighted by molar-refractivity contribution is 6.11. The summed E-state index contributed by atoms with van der Waals surface area (Å²) in [7, 11) is 7.19. The maximum Gasteiger partial charge on any atom is 0.329 e. The van der Waals surface area contributed by atoms with Gasteiger partial charge in [0.15, 0.2) is 28.3 Å². The molecule has 3 aliphatic carbocycles. The summed E-state index contributed by atoms with van der Waals surface area (Å²) in [5.41, 5.74) is 5.73. The smallest absolute Gasteiger partial charge is 0.329 e. The average Bonchev–Trinajstić information content (AvgIpc) is 0.829. The number of rotatable bonds is 11. The Morgan fingerprint density at radius 3 is 1.56 bits per heavy atom. The third kappa shape index (κ3) is 17.8. The van der Waals surface area contributed by atoms with Crippen LogP contribution in [0.15, 0.2) is 54.3 Å². The van der Waals surface area contributed by atoms with E-state index < -0.39 is 196 Å².